The smallest absolute Gasteiger partial charge is 0.355 e. The Morgan fingerprint density at radius 3 is 2.87 bits per heavy atom. The van der Waals surface area contributed by atoms with Gasteiger partial charge >= 0.3 is 5.97 Å². The highest BCUT2D eigenvalue weighted by Crippen LogP contribution is 2.50. The van der Waals surface area contributed by atoms with Crippen LogP contribution in [0.25, 0.3) is 0 Å². The van der Waals surface area contributed by atoms with Gasteiger partial charge in [0.05, 0.1) is 17.7 Å². The van der Waals surface area contributed by atoms with Crippen molar-refractivity contribution in [3.63, 3.8) is 0 Å². The molecule has 0 amide bonds. The SMILES string of the molecule is CCCc1cc(OC[C@@H]2[C@H]3CC[C@H](c4nc(C(=O)O)cs4)C[C@H]3C[C@@H]2O)ccc1C. The van der Waals surface area contributed by atoms with Gasteiger partial charge < -0.3 is 14.9 Å². The topological polar surface area (TPSA) is 79.7 Å². The van der Waals surface area contributed by atoms with E-state index >= 15 is 0 Å². The number of aromatic carboxylic acids is 1. The maximum absolute atomic E-state index is 11.1. The normalized spacial score (nSPS) is 28.3. The first-order chi connectivity index (χ1) is 14.5. The minimum absolute atomic E-state index is 0.149. The molecule has 2 fully saturated rings. The monoisotopic (exact) mass is 429 g/mol. The lowest BCUT2D eigenvalue weighted by Gasteiger charge is -2.33. The number of carboxylic acid groups (broad SMARTS) is 1. The first-order valence-corrected chi connectivity index (χ1v) is 11.9. The lowest BCUT2D eigenvalue weighted by atomic mass is 9.73. The van der Waals surface area contributed by atoms with Gasteiger partial charge in [0.2, 0.25) is 0 Å². The molecule has 2 saturated carbocycles. The maximum atomic E-state index is 11.1. The third-order valence-corrected chi connectivity index (χ3v) is 8.01. The lowest BCUT2D eigenvalue weighted by Crippen LogP contribution is -2.29. The van der Waals surface area contributed by atoms with Gasteiger partial charge in [-0.25, -0.2) is 9.78 Å². The summed E-state index contributed by atoms with van der Waals surface area (Å²) in [5.41, 5.74) is 2.79. The van der Waals surface area contributed by atoms with Crippen molar-refractivity contribution in [2.75, 3.05) is 6.61 Å². The molecule has 0 spiro atoms. The van der Waals surface area contributed by atoms with Gasteiger partial charge in [0.15, 0.2) is 5.69 Å². The molecule has 1 aromatic carbocycles. The van der Waals surface area contributed by atoms with E-state index in [0.717, 1.165) is 49.3 Å². The number of carboxylic acids is 1. The second-order valence-electron chi connectivity index (χ2n) is 8.93. The highest BCUT2D eigenvalue weighted by atomic mass is 32.1. The number of carbonyl (C=O) groups is 1. The molecular weight excluding hydrogens is 398 g/mol. The average Bonchev–Trinajstić information content (AvgIpc) is 3.33. The fourth-order valence-electron chi connectivity index (χ4n) is 5.39. The Bertz CT molecular complexity index is 895. The molecule has 2 aromatic rings. The molecule has 30 heavy (non-hydrogen) atoms. The van der Waals surface area contributed by atoms with Crippen molar-refractivity contribution >= 4 is 17.3 Å². The number of hydrogen-bond acceptors (Lipinski definition) is 5. The van der Waals surface area contributed by atoms with Crippen molar-refractivity contribution in [1.29, 1.82) is 0 Å². The molecule has 2 aliphatic carbocycles. The van der Waals surface area contributed by atoms with Crippen molar-refractivity contribution < 1.29 is 19.7 Å². The third kappa shape index (κ3) is 4.40. The molecule has 5 atom stereocenters. The Kier molecular flexibility index (Phi) is 6.44. The Morgan fingerprint density at radius 2 is 2.13 bits per heavy atom. The van der Waals surface area contributed by atoms with Gasteiger partial charge in [-0.2, -0.15) is 0 Å². The molecule has 0 radical (unpaired) electrons. The second-order valence-corrected chi connectivity index (χ2v) is 9.82. The highest BCUT2D eigenvalue weighted by Gasteiger charge is 2.46. The van der Waals surface area contributed by atoms with E-state index in [-0.39, 0.29) is 17.7 Å². The van der Waals surface area contributed by atoms with Crippen molar-refractivity contribution in [1.82, 2.24) is 4.98 Å². The van der Waals surface area contributed by atoms with Crippen LogP contribution >= 0.6 is 11.3 Å². The van der Waals surface area contributed by atoms with Gasteiger partial charge in [-0.1, -0.05) is 19.4 Å². The number of thiazole rings is 1. The minimum atomic E-state index is -0.960. The first kappa shape index (κ1) is 21.3. The molecule has 4 rings (SSSR count). The van der Waals surface area contributed by atoms with E-state index in [1.807, 2.05) is 6.07 Å². The van der Waals surface area contributed by atoms with E-state index in [0.29, 0.717) is 24.4 Å². The average molecular weight is 430 g/mol. The third-order valence-electron chi connectivity index (χ3n) is 7.00. The van der Waals surface area contributed by atoms with Crippen molar-refractivity contribution in [3.8, 4) is 5.75 Å². The van der Waals surface area contributed by atoms with Crippen molar-refractivity contribution in [3.05, 3.63) is 45.4 Å². The summed E-state index contributed by atoms with van der Waals surface area (Å²) in [6, 6.07) is 6.31. The van der Waals surface area contributed by atoms with Crippen LogP contribution in [-0.4, -0.2) is 33.9 Å². The summed E-state index contributed by atoms with van der Waals surface area (Å²) in [6.45, 7) is 4.88. The fraction of sp³-hybridized carbons (Fsp3) is 0.583. The summed E-state index contributed by atoms with van der Waals surface area (Å²) in [5.74, 6) is 1.34. The first-order valence-electron chi connectivity index (χ1n) is 11.0. The van der Waals surface area contributed by atoms with Crippen molar-refractivity contribution in [2.45, 2.75) is 64.4 Å². The van der Waals surface area contributed by atoms with E-state index in [4.69, 9.17) is 9.84 Å². The molecule has 0 saturated heterocycles. The van der Waals surface area contributed by atoms with E-state index in [1.54, 1.807) is 5.38 Å². The number of aryl methyl sites for hydroxylation is 2. The predicted octanol–water partition coefficient (Wildman–Crippen LogP) is 5.06. The van der Waals surface area contributed by atoms with E-state index < -0.39 is 5.97 Å². The fourth-order valence-corrected chi connectivity index (χ4v) is 6.34. The summed E-state index contributed by atoms with van der Waals surface area (Å²) in [4.78, 5) is 15.5. The number of fused-ring (bicyclic) bond motifs is 1. The van der Waals surface area contributed by atoms with Crippen LogP contribution in [0, 0.1) is 24.7 Å². The zero-order chi connectivity index (χ0) is 21.3. The summed E-state index contributed by atoms with van der Waals surface area (Å²) in [6.07, 6.45) is 5.67. The van der Waals surface area contributed by atoms with Crippen LogP contribution in [0.3, 0.4) is 0 Å². The van der Waals surface area contributed by atoms with Crippen LogP contribution < -0.4 is 4.74 Å². The van der Waals surface area contributed by atoms with Crippen LogP contribution in [0.4, 0.5) is 0 Å². The molecule has 162 valence electrons. The summed E-state index contributed by atoms with van der Waals surface area (Å²) in [5, 5.41) is 22.4. The van der Waals surface area contributed by atoms with Crippen LogP contribution in [-0.2, 0) is 6.42 Å². The predicted molar refractivity (Wildman–Crippen MR) is 117 cm³/mol. The Morgan fingerprint density at radius 1 is 1.30 bits per heavy atom. The molecule has 1 heterocycles. The number of hydrogen-bond donors (Lipinski definition) is 2. The van der Waals surface area contributed by atoms with Crippen molar-refractivity contribution in [2.24, 2.45) is 17.8 Å². The van der Waals surface area contributed by atoms with Crippen LogP contribution in [0.15, 0.2) is 23.6 Å². The number of benzene rings is 1. The molecule has 6 heteroatoms. The number of aromatic nitrogens is 1. The molecule has 2 N–H and O–H groups in total. The van der Waals surface area contributed by atoms with Crippen LogP contribution in [0.1, 0.15) is 71.6 Å². The number of aliphatic hydroxyl groups is 1. The number of nitrogens with zero attached hydrogens (tertiary/aromatic N) is 1. The second kappa shape index (κ2) is 9.06. The van der Waals surface area contributed by atoms with Gasteiger partial charge in [-0.05, 0) is 74.1 Å². The molecular formula is C24H31NO4S. The quantitative estimate of drug-likeness (QED) is 0.643. The standard InChI is InChI=1S/C24H31NO4S/c1-3-4-15-10-18(7-5-14(15)2)29-12-20-19-8-6-16(9-17(19)11-22(20)26)23-25-21(13-30-23)24(27)28/h5,7,10,13,16-17,19-20,22,26H,3-4,6,8-9,11-12H2,1-2H3,(H,27,28)/t16-,17-,19-,20+,22-/m0/s1. The van der Waals surface area contributed by atoms with E-state index in [1.165, 1.54) is 22.5 Å². The van der Waals surface area contributed by atoms with Gasteiger partial charge in [-0.3, -0.25) is 0 Å². The molecule has 5 nitrogen and oxygen atoms in total. The maximum Gasteiger partial charge on any atom is 0.355 e. The lowest BCUT2D eigenvalue weighted by molar-refractivity contribution is 0.0689. The number of aliphatic hydroxyl groups excluding tert-OH is 1. The Hall–Kier alpha value is -1.92. The zero-order valence-electron chi connectivity index (χ0n) is 17.7. The summed E-state index contributed by atoms with van der Waals surface area (Å²) >= 11 is 1.45. The van der Waals surface area contributed by atoms with E-state index in [9.17, 15) is 9.90 Å². The van der Waals surface area contributed by atoms with E-state index in [2.05, 4.69) is 31.0 Å². The summed E-state index contributed by atoms with van der Waals surface area (Å²) in [7, 11) is 0. The van der Waals surface area contributed by atoms with Gasteiger partial charge in [-0.15, -0.1) is 11.3 Å². The molecule has 0 bridgehead atoms. The zero-order valence-corrected chi connectivity index (χ0v) is 18.5. The largest absolute Gasteiger partial charge is 0.493 e. The number of rotatable bonds is 7. The molecule has 0 unspecified atom stereocenters. The molecule has 1 aromatic heterocycles. The van der Waals surface area contributed by atoms with Crippen LogP contribution in [0.2, 0.25) is 0 Å². The Balaban J connectivity index is 1.38. The Labute approximate surface area is 182 Å². The summed E-state index contributed by atoms with van der Waals surface area (Å²) < 4.78 is 6.16. The van der Waals surface area contributed by atoms with Gasteiger partial charge in [0.25, 0.3) is 0 Å². The minimum Gasteiger partial charge on any atom is -0.493 e. The molecule has 2 aliphatic rings. The van der Waals surface area contributed by atoms with Crippen LogP contribution in [0.5, 0.6) is 5.75 Å². The molecule has 0 aliphatic heterocycles. The van der Waals surface area contributed by atoms with Gasteiger partial charge in [0, 0.05) is 17.2 Å². The number of ether oxygens (including phenoxy) is 1. The highest BCUT2D eigenvalue weighted by molar-refractivity contribution is 7.09. The van der Waals surface area contributed by atoms with Gasteiger partial charge in [0.1, 0.15) is 5.75 Å².